The van der Waals surface area contributed by atoms with Crippen molar-refractivity contribution >= 4 is 0 Å². The van der Waals surface area contributed by atoms with E-state index in [0.29, 0.717) is 6.04 Å². The summed E-state index contributed by atoms with van der Waals surface area (Å²) in [4.78, 5) is 0. The molecule has 1 saturated heterocycles. The molecule has 3 heteroatoms. The van der Waals surface area contributed by atoms with Crippen molar-refractivity contribution in [3.05, 3.63) is 41.7 Å². The molecular formula is C17H23N3. The Bertz CT molecular complexity index is 562. The number of hydrogen-bond donors (Lipinski definition) is 1. The van der Waals surface area contributed by atoms with Crippen LogP contribution >= 0.6 is 0 Å². The molecule has 0 spiro atoms. The minimum atomic E-state index is 0.507. The Hall–Kier alpha value is -1.61. The fraction of sp³-hybridized carbons (Fsp3) is 0.471. The van der Waals surface area contributed by atoms with Gasteiger partial charge in [-0.05, 0) is 43.9 Å². The molecule has 0 radical (unpaired) electrons. The van der Waals surface area contributed by atoms with Crippen LogP contribution in [0.1, 0.15) is 37.1 Å². The van der Waals surface area contributed by atoms with Crippen LogP contribution in [-0.2, 0) is 6.42 Å². The second kappa shape index (κ2) is 5.80. The first-order valence-electron chi connectivity index (χ1n) is 7.63. The van der Waals surface area contributed by atoms with E-state index in [-0.39, 0.29) is 0 Å². The lowest BCUT2D eigenvalue weighted by atomic mass is 10.0. The summed E-state index contributed by atoms with van der Waals surface area (Å²) in [7, 11) is 0. The first-order chi connectivity index (χ1) is 9.79. The lowest BCUT2D eigenvalue weighted by Crippen LogP contribution is -2.32. The number of nitrogens with zero attached hydrogens (tertiary/aromatic N) is 2. The number of aryl methyl sites for hydroxylation is 1. The van der Waals surface area contributed by atoms with Gasteiger partial charge in [-0.3, -0.25) is 4.68 Å². The van der Waals surface area contributed by atoms with Gasteiger partial charge in [-0.1, -0.05) is 31.2 Å². The topological polar surface area (TPSA) is 29.9 Å². The Morgan fingerprint density at radius 1 is 1.30 bits per heavy atom. The first kappa shape index (κ1) is 13.4. The summed E-state index contributed by atoms with van der Waals surface area (Å²) in [5, 5.41) is 8.10. The molecule has 1 atom stereocenters. The summed E-state index contributed by atoms with van der Waals surface area (Å²) in [5.41, 5.74) is 5.20. The summed E-state index contributed by atoms with van der Waals surface area (Å²) in [6, 6.07) is 9.37. The molecule has 1 aliphatic heterocycles. The van der Waals surface area contributed by atoms with Crippen LogP contribution in [0.2, 0.25) is 0 Å². The van der Waals surface area contributed by atoms with Crippen molar-refractivity contribution in [2.45, 2.75) is 39.2 Å². The third-order valence-corrected chi connectivity index (χ3v) is 4.33. The average molecular weight is 269 g/mol. The molecule has 1 aliphatic rings. The van der Waals surface area contributed by atoms with Crippen LogP contribution in [0.25, 0.3) is 11.1 Å². The largest absolute Gasteiger partial charge is 0.315 e. The third kappa shape index (κ3) is 2.50. The van der Waals surface area contributed by atoms with Crippen LogP contribution in [0.3, 0.4) is 0 Å². The number of piperidine rings is 1. The summed E-state index contributed by atoms with van der Waals surface area (Å²) in [6.07, 6.45) is 5.57. The van der Waals surface area contributed by atoms with Gasteiger partial charge in [-0.15, -0.1) is 0 Å². The standard InChI is InChI=1S/C17H23N3/c1-3-14-6-8-15(9-7-14)17-12-19-20(13(17)2)16-5-4-10-18-11-16/h6-9,12,16,18H,3-5,10-11H2,1-2H3. The predicted molar refractivity (Wildman–Crippen MR) is 82.9 cm³/mol. The van der Waals surface area contributed by atoms with Crippen molar-refractivity contribution in [1.29, 1.82) is 0 Å². The lowest BCUT2D eigenvalue weighted by molar-refractivity contribution is 0.342. The van der Waals surface area contributed by atoms with Crippen LogP contribution in [0, 0.1) is 6.92 Å². The Balaban J connectivity index is 1.88. The second-order valence-electron chi connectivity index (χ2n) is 5.64. The highest BCUT2D eigenvalue weighted by molar-refractivity contribution is 5.65. The number of rotatable bonds is 3. The SMILES string of the molecule is CCc1ccc(-c2cnn(C3CCCNC3)c2C)cc1. The van der Waals surface area contributed by atoms with E-state index < -0.39 is 0 Å². The highest BCUT2D eigenvalue weighted by atomic mass is 15.3. The van der Waals surface area contributed by atoms with Gasteiger partial charge in [-0.2, -0.15) is 5.10 Å². The zero-order valence-electron chi connectivity index (χ0n) is 12.4. The molecule has 3 nitrogen and oxygen atoms in total. The molecule has 106 valence electrons. The van der Waals surface area contributed by atoms with Crippen LogP contribution in [0.5, 0.6) is 0 Å². The first-order valence-corrected chi connectivity index (χ1v) is 7.63. The van der Waals surface area contributed by atoms with Crippen LogP contribution < -0.4 is 5.32 Å². The Kier molecular flexibility index (Phi) is 3.88. The molecule has 1 aromatic carbocycles. The monoisotopic (exact) mass is 269 g/mol. The summed E-state index contributed by atoms with van der Waals surface area (Å²) in [5.74, 6) is 0. The Morgan fingerprint density at radius 3 is 2.75 bits per heavy atom. The Morgan fingerprint density at radius 2 is 2.10 bits per heavy atom. The highest BCUT2D eigenvalue weighted by Crippen LogP contribution is 2.27. The molecule has 1 unspecified atom stereocenters. The van der Waals surface area contributed by atoms with Gasteiger partial charge in [0.1, 0.15) is 0 Å². The molecule has 2 heterocycles. The van der Waals surface area contributed by atoms with Gasteiger partial charge < -0.3 is 5.32 Å². The second-order valence-corrected chi connectivity index (χ2v) is 5.64. The number of hydrogen-bond acceptors (Lipinski definition) is 2. The van der Waals surface area contributed by atoms with Crippen molar-refractivity contribution < 1.29 is 0 Å². The molecule has 1 fully saturated rings. The van der Waals surface area contributed by atoms with E-state index in [1.54, 1.807) is 0 Å². The molecule has 20 heavy (non-hydrogen) atoms. The van der Waals surface area contributed by atoms with E-state index in [9.17, 15) is 0 Å². The maximum Gasteiger partial charge on any atom is 0.0647 e. The molecule has 0 bridgehead atoms. The fourth-order valence-electron chi connectivity index (χ4n) is 3.04. The van der Waals surface area contributed by atoms with E-state index in [4.69, 9.17) is 0 Å². The van der Waals surface area contributed by atoms with E-state index in [1.807, 2.05) is 6.20 Å². The van der Waals surface area contributed by atoms with Gasteiger partial charge in [0, 0.05) is 17.8 Å². The predicted octanol–water partition coefficient (Wildman–Crippen LogP) is 3.35. The van der Waals surface area contributed by atoms with E-state index >= 15 is 0 Å². The van der Waals surface area contributed by atoms with Gasteiger partial charge >= 0.3 is 0 Å². The smallest absolute Gasteiger partial charge is 0.0647 e. The molecule has 2 aromatic rings. The van der Waals surface area contributed by atoms with Crippen molar-refractivity contribution in [3.8, 4) is 11.1 Å². The van der Waals surface area contributed by atoms with Crippen molar-refractivity contribution in [3.63, 3.8) is 0 Å². The third-order valence-electron chi connectivity index (χ3n) is 4.33. The van der Waals surface area contributed by atoms with Gasteiger partial charge in [-0.25, -0.2) is 0 Å². The molecule has 0 aliphatic carbocycles. The molecule has 0 saturated carbocycles. The normalized spacial score (nSPS) is 19.2. The van der Waals surface area contributed by atoms with Crippen LogP contribution in [-0.4, -0.2) is 22.9 Å². The highest BCUT2D eigenvalue weighted by Gasteiger charge is 2.19. The van der Waals surface area contributed by atoms with E-state index in [0.717, 1.165) is 19.5 Å². The zero-order valence-corrected chi connectivity index (χ0v) is 12.4. The van der Waals surface area contributed by atoms with Crippen molar-refractivity contribution in [1.82, 2.24) is 15.1 Å². The van der Waals surface area contributed by atoms with Crippen molar-refractivity contribution in [2.24, 2.45) is 0 Å². The zero-order chi connectivity index (χ0) is 13.9. The maximum absolute atomic E-state index is 4.64. The number of aromatic nitrogens is 2. The molecule has 3 rings (SSSR count). The quantitative estimate of drug-likeness (QED) is 0.926. The Labute approximate surface area is 121 Å². The summed E-state index contributed by atoms with van der Waals surface area (Å²) in [6.45, 7) is 6.55. The maximum atomic E-state index is 4.64. The molecule has 0 amide bonds. The van der Waals surface area contributed by atoms with Crippen LogP contribution in [0.4, 0.5) is 0 Å². The minimum Gasteiger partial charge on any atom is -0.315 e. The summed E-state index contributed by atoms with van der Waals surface area (Å²) >= 11 is 0. The molecule has 1 aromatic heterocycles. The minimum absolute atomic E-state index is 0.507. The number of nitrogens with one attached hydrogen (secondary N) is 1. The van der Waals surface area contributed by atoms with Gasteiger partial charge in [0.05, 0.1) is 12.2 Å². The van der Waals surface area contributed by atoms with E-state index in [2.05, 4.69) is 53.2 Å². The average Bonchev–Trinajstić information content (AvgIpc) is 2.90. The lowest BCUT2D eigenvalue weighted by Gasteiger charge is -2.24. The van der Waals surface area contributed by atoms with Crippen molar-refractivity contribution in [2.75, 3.05) is 13.1 Å². The van der Waals surface area contributed by atoms with Gasteiger partial charge in [0.2, 0.25) is 0 Å². The molecule has 1 N–H and O–H groups in total. The van der Waals surface area contributed by atoms with Gasteiger partial charge in [0.25, 0.3) is 0 Å². The summed E-state index contributed by atoms with van der Waals surface area (Å²) < 4.78 is 2.20. The van der Waals surface area contributed by atoms with Gasteiger partial charge in [0.15, 0.2) is 0 Å². The number of benzene rings is 1. The van der Waals surface area contributed by atoms with Crippen LogP contribution in [0.15, 0.2) is 30.5 Å². The van der Waals surface area contributed by atoms with E-state index in [1.165, 1.54) is 35.2 Å². The molecular weight excluding hydrogens is 246 g/mol. The fourth-order valence-corrected chi connectivity index (χ4v) is 3.04.